The fraction of sp³-hybridized carbons (Fsp3) is 0.917. The maximum atomic E-state index is 12.3. The lowest BCUT2D eigenvalue weighted by Gasteiger charge is -2.61. The lowest BCUT2D eigenvalue weighted by Crippen LogP contribution is -2.56. The second-order valence-electron chi connectivity index (χ2n) is 11.1. The van der Waals surface area contributed by atoms with Gasteiger partial charge in [0.2, 0.25) is 0 Å². The summed E-state index contributed by atoms with van der Waals surface area (Å²) in [6.45, 7) is 7.34. The minimum Gasteiger partial charge on any atom is -0.481 e. The Bertz CT molecular complexity index is 648. The van der Waals surface area contributed by atoms with Crippen LogP contribution in [0.1, 0.15) is 85.0 Å². The topological polar surface area (TPSA) is 54.4 Å². The highest BCUT2D eigenvalue weighted by atomic mass is 79.9. The Balaban J connectivity index is 1.53. The van der Waals surface area contributed by atoms with Gasteiger partial charge in [-0.2, -0.15) is 0 Å². The van der Waals surface area contributed by atoms with Crippen LogP contribution in [0.4, 0.5) is 0 Å². The average Bonchev–Trinajstić information content (AvgIpc) is 3.00. The van der Waals surface area contributed by atoms with Gasteiger partial charge in [-0.05, 0) is 97.7 Å². The fourth-order valence-corrected chi connectivity index (χ4v) is 9.72. The third-order valence-corrected chi connectivity index (χ3v) is 11.2. The summed E-state index contributed by atoms with van der Waals surface area (Å²) >= 11 is 3.77. The van der Waals surface area contributed by atoms with Crippen molar-refractivity contribution < 1.29 is 14.7 Å². The first kappa shape index (κ1) is 20.9. The van der Waals surface area contributed by atoms with Gasteiger partial charge in [-0.1, -0.05) is 36.7 Å². The molecule has 2 unspecified atom stereocenters. The Hall–Kier alpha value is -0.380. The number of fused-ring (bicyclic) bond motifs is 5. The molecule has 0 aromatic carbocycles. The lowest BCUT2D eigenvalue weighted by atomic mass is 9.44. The number of alkyl halides is 1. The number of carboxylic acids is 1. The minimum atomic E-state index is -0.655. The van der Waals surface area contributed by atoms with Crippen LogP contribution in [0.25, 0.3) is 0 Å². The van der Waals surface area contributed by atoms with Gasteiger partial charge in [0, 0.05) is 12.8 Å². The smallest absolute Gasteiger partial charge is 0.303 e. The fourth-order valence-electron chi connectivity index (χ4n) is 8.62. The van der Waals surface area contributed by atoms with Crippen LogP contribution in [0.15, 0.2) is 0 Å². The summed E-state index contributed by atoms with van der Waals surface area (Å²) in [5.41, 5.74) is 0.708. The first-order valence-corrected chi connectivity index (χ1v) is 12.5. The number of ketones is 1. The standard InChI is InChI=1S/C24H37BrO3/c1-14(4-9-21(27)28)16-7-8-17-15-5-6-19-22(25)20(26)11-13-24(19,3)18(15)10-12-23(16,17)2/h14-19,22H,4-13H2,1-3H3,(H,27,28)/t14?,15-,16+,17-,18-,19+,22?,23+,24+/m0/s1. The maximum Gasteiger partial charge on any atom is 0.303 e. The van der Waals surface area contributed by atoms with Crippen LogP contribution in [0.3, 0.4) is 0 Å². The number of aliphatic carboxylic acids is 1. The number of carbonyl (C=O) groups excluding carboxylic acids is 1. The van der Waals surface area contributed by atoms with E-state index in [9.17, 15) is 9.59 Å². The predicted octanol–water partition coefficient (Wildman–Crippen LogP) is 6.09. The first-order valence-electron chi connectivity index (χ1n) is 11.6. The summed E-state index contributed by atoms with van der Waals surface area (Å²) < 4.78 is 0. The number of hydrogen-bond donors (Lipinski definition) is 1. The number of carbonyl (C=O) groups is 2. The molecule has 4 fully saturated rings. The molecular formula is C24H37BrO3. The van der Waals surface area contributed by atoms with Crippen molar-refractivity contribution in [2.24, 2.45) is 46.3 Å². The van der Waals surface area contributed by atoms with Crippen LogP contribution < -0.4 is 0 Å². The molecule has 0 aliphatic heterocycles. The Morgan fingerprint density at radius 1 is 1.07 bits per heavy atom. The number of Topliss-reactive ketones (excluding diaryl/α,β-unsaturated/α-hetero) is 1. The number of carboxylic acid groups (broad SMARTS) is 1. The Morgan fingerprint density at radius 3 is 2.46 bits per heavy atom. The lowest BCUT2D eigenvalue weighted by molar-refractivity contribution is -0.139. The molecule has 158 valence electrons. The third-order valence-electron chi connectivity index (χ3n) is 10.1. The number of halogens is 1. The average molecular weight is 453 g/mol. The maximum absolute atomic E-state index is 12.3. The van der Waals surface area contributed by atoms with Gasteiger partial charge in [-0.25, -0.2) is 0 Å². The molecule has 3 nitrogen and oxygen atoms in total. The Morgan fingerprint density at radius 2 is 1.75 bits per heavy atom. The summed E-state index contributed by atoms with van der Waals surface area (Å²) in [5.74, 6) is 3.86. The highest BCUT2D eigenvalue weighted by Gasteiger charge is 2.61. The van der Waals surface area contributed by atoms with Gasteiger partial charge >= 0.3 is 5.97 Å². The first-order chi connectivity index (χ1) is 13.2. The Labute approximate surface area is 178 Å². The molecule has 1 N–H and O–H groups in total. The molecule has 0 aromatic heterocycles. The van der Waals surface area contributed by atoms with Gasteiger partial charge < -0.3 is 5.11 Å². The minimum absolute atomic E-state index is 0.0767. The van der Waals surface area contributed by atoms with Crippen molar-refractivity contribution in [2.45, 2.75) is 89.8 Å². The van der Waals surface area contributed by atoms with E-state index in [-0.39, 0.29) is 4.83 Å². The van der Waals surface area contributed by atoms with Crippen molar-refractivity contribution >= 4 is 27.7 Å². The second kappa shape index (κ2) is 7.39. The van der Waals surface area contributed by atoms with E-state index in [0.29, 0.717) is 40.8 Å². The number of rotatable bonds is 4. The van der Waals surface area contributed by atoms with E-state index in [1.165, 1.54) is 38.5 Å². The zero-order valence-corrected chi connectivity index (χ0v) is 19.3. The van der Waals surface area contributed by atoms with E-state index < -0.39 is 5.97 Å². The molecule has 4 aliphatic carbocycles. The molecule has 0 bridgehead atoms. The summed E-state index contributed by atoms with van der Waals surface area (Å²) in [4.78, 5) is 23.5. The molecule has 0 radical (unpaired) electrons. The molecule has 0 heterocycles. The number of hydrogen-bond acceptors (Lipinski definition) is 2. The van der Waals surface area contributed by atoms with E-state index >= 15 is 0 Å². The zero-order valence-electron chi connectivity index (χ0n) is 17.8. The Kier molecular flexibility index (Phi) is 5.51. The molecule has 0 spiro atoms. The van der Waals surface area contributed by atoms with Crippen LogP contribution in [-0.2, 0) is 9.59 Å². The SMILES string of the molecule is CC(CCC(=O)O)[C@H]1CC[C@H]2[C@@H]3CC[C@@H]4C(Br)C(=O)CC[C@]4(C)[C@H]3CC[C@]12C. The van der Waals surface area contributed by atoms with Crippen molar-refractivity contribution in [1.82, 2.24) is 0 Å². The summed E-state index contributed by atoms with van der Waals surface area (Å²) in [6, 6.07) is 0. The van der Waals surface area contributed by atoms with Crippen LogP contribution >= 0.6 is 15.9 Å². The summed E-state index contributed by atoms with van der Waals surface area (Å²) in [6.07, 6.45) is 10.7. The van der Waals surface area contributed by atoms with Gasteiger partial charge in [0.05, 0.1) is 4.83 Å². The monoisotopic (exact) mass is 452 g/mol. The van der Waals surface area contributed by atoms with Gasteiger partial charge in [0.25, 0.3) is 0 Å². The van der Waals surface area contributed by atoms with Gasteiger partial charge in [0.1, 0.15) is 5.78 Å². The van der Waals surface area contributed by atoms with E-state index in [2.05, 4.69) is 36.7 Å². The molecule has 4 rings (SSSR count). The molecule has 0 aromatic rings. The van der Waals surface area contributed by atoms with Crippen molar-refractivity contribution in [3.8, 4) is 0 Å². The van der Waals surface area contributed by atoms with Crippen LogP contribution in [0.2, 0.25) is 0 Å². The van der Waals surface area contributed by atoms with Crippen molar-refractivity contribution in [3.63, 3.8) is 0 Å². The second-order valence-corrected chi connectivity index (χ2v) is 12.1. The van der Waals surface area contributed by atoms with Gasteiger partial charge in [-0.3, -0.25) is 9.59 Å². The molecule has 28 heavy (non-hydrogen) atoms. The van der Waals surface area contributed by atoms with Crippen molar-refractivity contribution in [2.75, 3.05) is 0 Å². The molecular weight excluding hydrogens is 416 g/mol. The van der Waals surface area contributed by atoms with E-state index in [4.69, 9.17) is 5.11 Å². The largest absolute Gasteiger partial charge is 0.481 e. The molecule has 4 heteroatoms. The van der Waals surface area contributed by atoms with Crippen LogP contribution in [-0.4, -0.2) is 21.7 Å². The van der Waals surface area contributed by atoms with Crippen molar-refractivity contribution in [3.05, 3.63) is 0 Å². The molecule has 0 amide bonds. The molecule has 4 aliphatic rings. The third kappa shape index (κ3) is 3.11. The normalized spacial score (nSPS) is 49.1. The zero-order chi connectivity index (χ0) is 20.3. The van der Waals surface area contributed by atoms with Crippen molar-refractivity contribution in [1.29, 1.82) is 0 Å². The summed E-state index contributed by atoms with van der Waals surface area (Å²) in [5, 5.41) is 9.11. The quantitative estimate of drug-likeness (QED) is 0.524. The van der Waals surface area contributed by atoms with E-state index in [1.54, 1.807) is 0 Å². The van der Waals surface area contributed by atoms with Gasteiger partial charge in [-0.15, -0.1) is 0 Å². The highest BCUT2D eigenvalue weighted by Crippen LogP contribution is 2.68. The van der Waals surface area contributed by atoms with E-state index in [0.717, 1.165) is 37.0 Å². The van der Waals surface area contributed by atoms with Gasteiger partial charge in [0.15, 0.2) is 0 Å². The van der Waals surface area contributed by atoms with Crippen LogP contribution in [0.5, 0.6) is 0 Å². The predicted molar refractivity (Wildman–Crippen MR) is 114 cm³/mol. The molecule has 9 atom stereocenters. The molecule has 4 saturated carbocycles. The van der Waals surface area contributed by atoms with Crippen LogP contribution in [0, 0.1) is 46.3 Å². The molecule has 0 saturated heterocycles. The highest BCUT2D eigenvalue weighted by molar-refractivity contribution is 9.10. The summed E-state index contributed by atoms with van der Waals surface area (Å²) in [7, 11) is 0. The van der Waals surface area contributed by atoms with E-state index in [1.807, 2.05) is 0 Å².